The number of β-amino-alcohol motifs (C(OH)–C–C–N with tert-alkyl or cyclic N) is 1. The Hall–Kier alpha value is -2.21. The van der Waals surface area contributed by atoms with Gasteiger partial charge in [0.05, 0.1) is 20.8 Å². The second kappa shape index (κ2) is 6.36. The Morgan fingerprint density at radius 2 is 1.92 bits per heavy atom. The minimum Gasteiger partial charge on any atom is -0.493 e. The summed E-state index contributed by atoms with van der Waals surface area (Å²) in [7, 11) is 5.22. The lowest BCUT2D eigenvalue weighted by molar-refractivity contribution is -0.130. The Morgan fingerprint density at radius 1 is 1.25 bits per heavy atom. The number of aliphatic hydroxyl groups excluding tert-OH is 1. The molecule has 130 valence electrons. The molecular formula is C18H24N2O4. The first kappa shape index (κ1) is 16.6. The Balaban J connectivity index is 2.04. The van der Waals surface area contributed by atoms with E-state index >= 15 is 0 Å². The molecule has 0 radical (unpaired) electrons. The van der Waals surface area contributed by atoms with Crippen LogP contribution in [0.1, 0.15) is 18.9 Å². The fourth-order valence-electron chi connectivity index (χ4n) is 3.66. The molecule has 6 heteroatoms. The standard InChI is InChI=1S/C18H24N2O4/c1-11-7-15-13(18(22)20(11)5-6-21)8-12-9-16(23-3)17(24-4)10-14(12)19(15)2/h9-11,21H,5-8H2,1-4H3/t11-/m0/s1. The molecule has 0 aliphatic carbocycles. The highest BCUT2D eigenvalue weighted by Gasteiger charge is 2.36. The molecule has 0 saturated heterocycles. The van der Waals surface area contributed by atoms with Crippen molar-refractivity contribution in [2.75, 3.05) is 39.3 Å². The molecule has 0 spiro atoms. The van der Waals surface area contributed by atoms with E-state index in [9.17, 15) is 9.90 Å². The van der Waals surface area contributed by atoms with Crippen LogP contribution in [0.3, 0.4) is 0 Å². The smallest absolute Gasteiger partial charge is 0.252 e. The number of benzene rings is 1. The number of carbonyl (C=O) groups is 1. The average Bonchev–Trinajstić information content (AvgIpc) is 2.59. The van der Waals surface area contributed by atoms with Gasteiger partial charge in [-0.05, 0) is 18.6 Å². The number of fused-ring (bicyclic) bond motifs is 1. The van der Waals surface area contributed by atoms with Gasteiger partial charge in [-0.15, -0.1) is 0 Å². The van der Waals surface area contributed by atoms with Crippen LogP contribution in [-0.2, 0) is 11.2 Å². The van der Waals surface area contributed by atoms with Crippen molar-refractivity contribution in [3.63, 3.8) is 0 Å². The highest BCUT2D eigenvalue weighted by Crippen LogP contribution is 2.43. The van der Waals surface area contributed by atoms with Crippen molar-refractivity contribution in [2.24, 2.45) is 0 Å². The van der Waals surface area contributed by atoms with Crippen molar-refractivity contribution in [3.8, 4) is 11.5 Å². The SMILES string of the molecule is COc1cc2c(cc1OC)N(C)C1=C(C2)C(=O)N(CCO)[C@@H](C)C1. The van der Waals surface area contributed by atoms with Crippen molar-refractivity contribution in [1.82, 2.24) is 4.90 Å². The summed E-state index contributed by atoms with van der Waals surface area (Å²) in [6.45, 7) is 2.38. The normalized spacial score (nSPS) is 20.0. The number of nitrogens with zero attached hydrogens (tertiary/aromatic N) is 2. The molecule has 2 heterocycles. The molecule has 0 aromatic heterocycles. The first-order valence-electron chi connectivity index (χ1n) is 8.14. The van der Waals surface area contributed by atoms with Crippen LogP contribution in [0.15, 0.2) is 23.4 Å². The average molecular weight is 332 g/mol. The maximum Gasteiger partial charge on any atom is 0.252 e. The van der Waals surface area contributed by atoms with Gasteiger partial charge in [0, 0.05) is 55.5 Å². The third kappa shape index (κ3) is 2.51. The lowest BCUT2D eigenvalue weighted by atomic mass is 9.88. The van der Waals surface area contributed by atoms with Crippen molar-refractivity contribution in [3.05, 3.63) is 29.0 Å². The molecule has 1 amide bonds. The van der Waals surface area contributed by atoms with Gasteiger partial charge in [-0.25, -0.2) is 0 Å². The molecular weight excluding hydrogens is 308 g/mol. The zero-order valence-corrected chi connectivity index (χ0v) is 14.6. The molecule has 0 saturated carbocycles. The van der Waals surface area contributed by atoms with Crippen molar-refractivity contribution in [2.45, 2.75) is 25.8 Å². The molecule has 1 atom stereocenters. The quantitative estimate of drug-likeness (QED) is 0.907. The van der Waals surface area contributed by atoms with E-state index in [0.29, 0.717) is 24.5 Å². The second-order valence-corrected chi connectivity index (χ2v) is 6.27. The highest BCUT2D eigenvalue weighted by atomic mass is 16.5. The molecule has 0 fully saturated rings. The van der Waals surface area contributed by atoms with Crippen LogP contribution in [0.2, 0.25) is 0 Å². The summed E-state index contributed by atoms with van der Waals surface area (Å²) in [5.74, 6) is 1.37. The molecule has 2 aliphatic rings. The number of aliphatic hydroxyl groups is 1. The first-order valence-corrected chi connectivity index (χ1v) is 8.14. The number of carbonyl (C=O) groups excluding carboxylic acids is 1. The molecule has 1 aromatic rings. The number of methoxy groups -OCH3 is 2. The Labute approximate surface area is 142 Å². The van der Waals surface area contributed by atoms with Crippen LogP contribution in [0.25, 0.3) is 0 Å². The summed E-state index contributed by atoms with van der Waals surface area (Å²) in [5.41, 5.74) is 3.95. The van der Waals surface area contributed by atoms with E-state index in [1.165, 1.54) is 0 Å². The Kier molecular flexibility index (Phi) is 4.41. The van der Waals surface area contributed by atoms with Crippen molar-refractivity contribution >= 4 is 11.6 Å². The zero-order valence-electron chi connectivity index (χ0n) is 14.6. The van der Waals surface area contributed by atoms with E-state index in [2.05, 4.69) is 4.90 Å². The maximum absolute atomic E-state index is 12.9. The molecule has 0 unspecified atom stereocenters. The molecule has 1 aromatic carbocycles. The summed E-state index contributed by atoms with van der Waals surface area (Å²) in [6.07, 6.45) is 1.36. The van der Waals surface area contributed by atoms with Gasteiger partial charge in [-0.2, -0.15) is 0 Å². The van der Waals surface area contributed by atoms with E-state index in [4.69, 9.17) is 9.47 Å². The van der Waals surface area contributed by atoms with E-state index in [0.717, 1.165) is 28.9 Å². The molecule has 2 aliphatic heterocycles. The van der Waals surface area contributed by atoms with Crippen LogP contribution in [0, 0.1) is 0 Å². The predicted octanol–water partition coefficient (Wildman–Crippen LogP) is 1.56. The zero-order chi connectivity index (χ0) is 17.4. The number of amides is 1. The predicted molar refractivity (Wildman–Crippen MR) is 91.6 cm³/mol. The summed E-state index contributed by atoms with van der Waals surface area (Å²) >= 11 is 0. The van der Waals surface area contributed by atoms with Crippen LogP contribution in [0.5, 0.6) is 11.5 Å². The van der Waals surface area contributed by atoms with Gasteiger partial charge in [-0.1, -0.05) is 0 Å². The number of ether oxygens (including phenoxy) is 2. The van der Waals surface area contributed by atoms with Gasteiger partial charge in [0.25, 0.3) is 5.91 Å². The van der Waals surface area contributed by atoms with Gasteiger partial charge in [0.2, 0.25) is 0 Å². The molecule has 24 heavy (non-hydrogen) atoms. The van der Waals surface area contributed by atoms with Crippen LogP contribution >= 0.6 is 0 Å². The molecule has 3 rings (SSSR count). The van der Waals surface area contributed by atoms with Gasteiger partial charge in [0.15, 0.2) is 11.5 Å². The van der Waals surface area contributed by atoms with E-state index in [1.807, 2.05) is 26.1 Å². The third-order valence-electron chi connectivity index (χ3n) is 4.95. The summed E-state index contributed by atoms with van der Waals surface area (Å²) in [6, 6.07) is 3.98. The Morgan fingerprint density at radius 3 is 2.54 bits per heavy atom. The first-order chi connectivity index (χ1) is 11.5. The number of hydrogen-bond donors (Lipinski definition) is 1. The van der Waals surface area contributed by atoms with Gasteiger partial charge in [-0.3, -0.25) is 4.79 Å². The minimum absolute atomic E-state index is 0.0177. The van der Waals surface area contributed by atoms with Crippen LogP contribution < -0.4 is 14.4 Å². The van der Waals surface area contributed by atoms with E-state index in [-0.39, 0.29) is 18.6 Å². The number of anilines is 1. The fourth-order valence-corrected chi connectivity index (χ4v) is 3.66. The molecule has 0 bridgehead atoms. The fraction of sp³-hybridized carbons (Fsp3) is 0.500. The van der Waals surface area contributed by atoms with Gasteiger partial charge < -0.3 is 24.4 Å². The minimum atomic E-state index is -0.0177. The summed E-state index contributed by atoms with van der Waals surface area (Å²) in [4.78, 5) is 16.7. The second-order valence-electron chi connectivity index (χ2n) is 6.27. The van der Waals surface area contributed by atoms with Crippen LogP contribution in [0.4, 0.5) is 5.69 Å². The molecule has 6 nitrogen and oxygen atoms in total. The lowest BCUT2D eigenvalue weighted by Crippen LogP contribution is -2.48. The molecule has 1 N–H and O–H groups in total. The Bertz CT molecular complexity index is 699. The number of rotatable bonds is 4. The summed E-state index contributed by atoms with van der Waals surface area (Å²) < 4.78 is 10.8. The highest BCUT2D eigenvalue weighted by molar-refractivity contribution is 5.98. The van der Waals surface area contributed by atoms with Gasteiger partial charge in [0.1, 0.15) is 0 Å². The maximum atomic E-state index is 12.9. The van der Waals surface area contributed by atoms with Gasteiger partial charge >= 0.3 is 0 Å². The van der Waals surface area contributed by atoms with Crippen molar-refractivity contribution < 1.29 is 19.4 Å². The van der Waals surface area contributed by atoms with Crippen LogP contribution in [-0.4, -0.2) is 56.4 Å². The third-order valence-corrected chi connectivity index (χ3v) is 4.95. The summed E-state index contributed by atoms with van der Waals surface area (Å²) in [5, 5.41) is 9.24. The number of hydrogen-bond acceptors (Lipinski definition) is 5. The monoisotopic (exact) mass is 332 g/mol. The van der Waals surface area contributed by atoms with E-state index < -0.39 is 0 Å². The lowest BCUT2D eigenvalue weighted by Gasteiger charge is -2.42. The van der Waals surface area contributed by atoms with Crippen molar-refractivity contribution in [1.29, 1.82) is 0 Å². The topological polar surface area (TPSA) is 62.2 Å². The van der Waals surface area contributed by atoms with E-state index in [1.54, 1.807) is 19.1 Å². The largest absolute Gasteiger partial charge is 0.493 e.